The summed E-state index contributed by atoms with van der Waals surface area (Å²) in [6, 6.07) is 3.24. The first-order chi connectivity index (χ1) is 11.4. The van der Waals surface area contributed by atoms with Crippen LogP contribution in [-0.4, -0.2) is 19.6 Å². The van der Waals surface area contributed by atoms with Gasteiger partial charge in [-0.1, -0.05) is 38.2 Å². The molecule has 7 heteroatoms. The molecule has 134 valence electrons. The van der Waals surface area contributed by atoms with Gasteiger partial charge in [0.05, 0.1) is 13.2 Å². The molecule has 0 atom stereocenters. The Bertz CT molecular complexity index is 547. The number of halogens is 4. The Morgan fingerprint density at radius 1 is 0.958 bits per heavy atom. The second kappa shape index (κ2) is 7.27. The van der Waals surface area contributed by atoms with E-state index in [0.717, 1.165) is 12.1 Å². The summed E-state index contributed by atoms with van der Waals surface area (Å²) in [4.78, 5) is 0. The molecule has 2 fully saturated rings. The summed E-state index contributed by atoms with van der Waals surface area (Å²) in [5.41, 5.74) is 0.351. The minimum atomic E-state index is -4.92. The second-order valence-corrected chi connectivity index (χ2v) is 6.39. The minimum absolute atomic E-state index is 0.333. The van der Waals surface area contributed by atoms with Crippen molar-refractivity contribution in [1.29, 1.82) is 0 Å². The number of hydrogen-bond acceptors (Lipinski definition) is 3. The minimum Gasteiger partial charge on any atom is -0.403 e. The highest BCUT2D eigenvalue weighted by Crippen LogP contribution is 2.36. The third kappa shape index (κ3) is 4.39. The van der Waals surface area contributed by atoms with Crippen molar-refractivity contribution in [2.24, 2.45) is 11.8 Å². The summed E-state index contributed by atoms with van der Waals surface area (Å²) in [7, 11) is 0. The van der Waals surface area contributed by atoms with Gasteiger partial charge < -0.3 is 14.2 Å². The van der Waals surface area contributed by atoms with Crippen molar-refractivity contribution in [2.45, 2.75) is 44.8 Å². The van der Waals surface area contributed by atoms with Crippen LogP contribution in [0.1, 0.15) is 44.0 Å². The van der Waals surface area contributed by atoms with E-state index in [-0.39, 0.29) is 0 Å². The number of alkyl halides is 3. The van der Waals surface area contributed by atoms with Crippen LogP contribution in [0, 0.1) is 17.7 Å². The van der Waals surface area contributed by atoms with E-state index in [1.54, 1.807) is 0 Å². The molecule has 1 aromatic carbocycles. The molecule has 1 saturated heterocycles. The Labute approximate surface area is 137 Å². The van der Waals surface area contributed by atoms with Crippen LogP contribution in [0.3, 0.4) is 0 Å². The predicted molar refractivity (Wildman–Crippen MR) is 77.8 cm³/mol. The van der Waals surface area contributed by atoms with Gasteiger partial charge in [0.2, 0.25) is 0 Å². The number of hydrogen-bond donors (Lipinski definition) is 0. The van der Waals surface area contributed by atoms with E-state index in [1.807, 2.05) is 0 Å². The Morgan fingerprint density at radius 3 is 2.21 bits per heavy atom. The van der Waals surface area contributed by atoms with E-state index < -0.39 is 24.2 Å². The number of benzene rings is 1. The molecular weight excluding hydrogens is 328 g/mol. The Balaban J connectivity index is 1.59. The quantitative estimate of drug-likeness (QED) is 0.722. The second-order valence-electron chi connectivity index (χ2n) is 6.39. The van der Waals surface area contributed by atoms with Gasteiger partial charge in [0.1, 0.15) is 0 Å². The van der Waals surface area contributed by atoms with E-state index in [1.165, 1.54) is 38.2 Å². The molecule has 1 aromatic rings. The lowest BCUT2D eigenvalue weighted by Gasteiger charge is -2.36. The third-order valence-electron chi connectivity index (χ3n) is 4.69. The maximum Gasteiger partial charge on any atom is 0.573 e. The average Bonchev–Trinajstić information content (AvgIpc) is 2.57. The van der Waals surface area contributed by atoms with Crippen LogP contribution in [-0.2, 0) is 9.47 Å². The van der Waals surface area contributed by atoms with Crippen LogP contribution in [0.25, 0.3) is 0 Å². The van der Waals surface area contributed by atoms with Crippen LogP contribution >= 0.6 is 0 Å². The van der Waals surface area contributed by atoms with Crippen molar-refractivity contribution in [3.63, 3.8) is 0 Å². The molecule has 0 radical (unpaired) electrons. The predicted octanol–water partition coefficient (Wildman–Crippen LogP) is 4.97. The van der Waals surface area contributed by atoms with Crippen LogP contribution in [0.5, 0.6) is 5.75 Å². The smallest absolute Gasteiger partial charge is 0.403 e. The first kappa shape index (κ1) is 17.5. The summed E-state index contributed by atoms with van der Waals surface area (Å²) in [5, 5.41) is 0. The fraction of sp³-hybridized carbons (Fsp3) is 0.647. The lowest BCUT2D eigenvalue weighted by molar-refractivity contribution is -0.275. The highest BCUT2D eigenvalue weighted by molar-refractivity contribution is 5.30. The highest BCUT2D eigenvalue weighted by Gasteiger charge is 2.33. The molecule has 3 nitrogen and oxygen atoms in total. The summed E-state index contributed by atoms with van der Waals surface area (Å²) in [5.74, 6) is -1.02. The fourth-order valence-corrected chi connectivity index (χ4v) is 3.46. The molecule has 0 amide bonds. The normalized spacial score (nSPS) is 26.3. The summed E-state index contributed by atoms with van der Waals surface area (Å²) in [6.45, 7) is 1.05. The van der Waals surface area contributed by atoms with Gasteiger partial charge in [0, 0.05) is 11.5 Å². The van der Waals surface area contributed by atoms with Crippen molar-refractivity contribution >= 4 is 0 Å². The van der Waals surface area contributed by atoms with Gasteiger partial charge in [0.15, 0.2) is 17.9 Å². The zero-order valence-electron chi connectivity index (χ0n) is 13.2. The lowest BCUT2D eigenvalue weighted by Crippen LogP contribution is -2.33. The molecule has 0 N–H and O–H groups in total. The molecule has 0 aromatic heterocycles. The molecule has 2 aliphatic rings. The monoisotopic (exact) mass is 348 g/mol. The van der Waals surface area contributed by atoms with Gasteiger partial charge in [0.25, 0.3) is 0 Å². The standard InChI is InChI=1S/C17H20F4O3/c18-14-8-12(6-7-15(14)24-17(19,20)21)16-22-9-13(10-23-16)11-4-2-1-3-5-11/h6-8,11,13,16H,1-5,9-10H2. The van der Waals surface area contributed by atoms with Crippen LogP contribution in [0.15, 0.2) is 18.2 Å². The fourth-order valence-electron chi connectivity index (χ4n) is 3.46. The van der Waals surface area contributed by atoms with Crippen LogP contribution in [0.2, 0.25) is 0 Å². The largest absolute Gasteiger partial charge is 0.573 e. The van der Waals surface area contributed by atoms with Gasteiger partial charge in [-0.15, -0.1) is 13.2 Å². The average molecular weight is 348 g/mol. The molecule has 1 heterocycles. The summed E-state index contributed by atoms with van der Waals surface area (Å²) >= 11 is 0. The zero-order chi connectivity index (χ0) is 17.2. The third-order valence-corrected chi connectivity index (χ3v) is 4.69. The summed E-state index contributed by atoms with van der Waals surface area (Å²) < 4.78 is 65.2. The summed E-state index contributed by atoms with van der Waals surface area (Å²) in [6.07, 6.45) is 0.430. The molecule has 0 bridgehead atoms. The van der Waals surface area contributed by atoms with Crippen LogP contribution < -0.4 is 4.74 Å². The van der Waals surface area contributed by atoms with Gasteiger partial charge in [-0.25, -0.2) is 4.39 Å². The molecule has 1 saturated carbocycles. The molecule has 3 rings (SSSR count). The molecular formula is C17H20F4O3. The van der Waals surface area contributed by atoms with Gasteiger partial charge >= 0.3 is 6.36 Å². The van der Waals surface area contributed by atoms with E-state index in [9.17, 15) is 17.6 Å². The van der Waals surface area contributed by atoms with Crippen LogP contribution in [0.4, 0.5) is 17.6 Å². The zero-order valence-corrected chi connectivity index (χ0v) is 13.2. The number of ether oxygens (including phenoxy) is 3. The van der Waals surface area contributed by atoms with E-state index >= 15 is 0 Å². The molecule has 1 aliphatic carbocycles. The molecule has 1 aliphatic heterocycles. The van der Waals surface area contributed by atoms with Crippen molar-refractivity contribution in [3.8, 4) is 5.75 Å². The van der Waals surface area contributed by atoms with Crippen molar-refractivity contribution in [3.05, 3.63) is 29.6 Å². The Kier molecular flexibility index (Phi) is 5.30. The van der Waals surface area contributed by atoms with Gasteiger partial charge in [-0.2, -0.15) is 0 Å². The Morgan fingerprint density at radius 2 is 1.62 bits per heavy atom. The lowest BCUT2D eigenvalue weighted by atomic mass is 9.80. The maximum absolute atomic E-state index is 13.8. The van der Waals surface area contributed by atoms with E-state index in [2.05, 4.69) is 4.74 Å². The van der Waals surface area contributed by atoms with Gasteiger partial charge in [-0.05, 0) is 18.1 Å². The SMILES string of the molecule is Fc1cc(C2OCC(C3CCCCC3)CO2)ccc1OC(F)(F)F. The number of rotatable bonds is 3. The molecule has 24 heavy (non-hydrogen) atoms. The van der Waals surface area contributed by atoms with E-state index in [0.29, 0.717) is 30.6 Å². The van der Waals surface area contributed by atoms with Crippen molar-refractivity contribution < 1.29 is 31.8 Å². The Hall–Kier alpha value is -1.34. The van der Waals surface area contributed by atoms with Crippen molar-refractivity contribution in [2.75, 3.05) is 13.2 Å². The van der Waals surface area contributed by atoms with Gasteiger partial charge in [-0.3, -0.25) is 0 Å². The first-order valence-corrected chi connectivity index (χ1v) is 8.21. The van der Waals surface area contributed by atoms with E-state index in [4.69, 9.17) is 9.47 Å². The highest BCUT2D eigenvalue weighted by atomic mass is 19.4. The van der Waals surface area contributed by atoms with Crippen molar-refractivity contribution in [1.82, 2.24) is 0 Å². The first-order valence-electron chi connectivity index (χ1n) is 8.21. The maximum atomic E-state index is 13.8. The molecule has 0 spiro atoms. The topological polar surface area (TPSA) is 27.7 Å². The molecule has 0 unspecified atom stereocenters.